The zero-order chi connectivity index (χ0) is 15.6. The van der Waals surface area contributed by atoms with Crippen LogP contribution in [0.1, 0.15) is 23.1 Å². The van der Waals surface area contributed by atoms with Gasteiger partial charge < -0.3 is 9.64 Å². The van der Waals surface area contributed by atoms with Crippen LogP contribution in [0.2, 0.25) is 5.02 Å². The Bertz CT molecular complexity index is 642. The molecule has 0 spiro atoms. The molecule has 1 unspecified atom stereocenters. The van der Waals surface area contributed by atoms with E-state index in [1.807, 2.05) is 12.1 Å². The predicted octanol–water partition coefficient (Wildman–Crippen LogP) is 4.68. The van der Waals surface area contributed by atoms with Crippen LogP contribution < -0.4 is 0 Å². The third-order valence-corrected chi connectivity index (χ3v) is 4.68. The Morgan fingerprint density at radius 1 is 1.04 bits per heavy atom. The minimum Gasteiger partial charge on any atom is -0.365 e. The van der Waals surface area contributed by atoms with Gasteiger partial charge in [-0.1, -0.05) is 48.0 Å². The topological polar surface area (TPSA) is 12.5 Å². The fourth-order valence-electron chi connectivity index (χ4n) is 3.09. The van der Waals surface area contributed by atoms with Crippen molar-refractivity contribution in [3.63, 3.8) is 0 Å². The summed E-state index contributed by atoms with van der Waals surface area (Å²) < 4.78 is 6.40. The fraction of sp³-hybridized carbons (Fsp3) is 0.368. The number of ether oxygens (including phenoxy) is 1. The van der Waals surface area contributed by atoms with Crippen molar-refractivity contribution in [2.75, 3.05) is 20.6 Å². The van der Waals surface area contributed by atoms with E-state index >= 15 is 0 Å². The minimum absolute atomic E-state index is 0. The lowest BCUT2D eigenvalue weighted by atomic mass is 9.81. The van der Waals surface area contributed by atoms with Crippen LogP contribution in [0.25, 0.3) is 0 Å². The Morgan fingerprint density at radius 2 is 1.70 bits per heavy atom. The molecule has 2 nitrogen and oxygen atoms in total. The summed E-state index contributed by atoms with van der Waals surface area (Å²) in [6.45, 7) is 1.66. The first-order chi connectivity index (χ1) is 10.6. The summed E-state index contributed by atoms with van der Waals surface area (Å²) in [7, 11) is 4.21. The largest absolute Gasteiger partial charge is 0.365 e. The Kier molecular flexibility index (Phi) is 6.10. The first-order valence-corrected chi connectivity index (χ1v) is 8.08. The van der Waals surface area contributed by atoms with Crippen molar-refractivity contribution in [2.24, 2.45) is 0 Å². The molecule has 3 rings (SSSR count). The van der Waals surface area contributed by atoms with Crippen LogP contribution in [0.15, 0.2) is 48.5 Å². The Hall–Kier alpha value is -1.06. The molecule has 4 heteroatoms. The molecule has 0 amide bonds. The van der Waals surface area contributed by atoms with Gasteiger partial charge in [-0.15, -0.1) is 12.4 Å². The summed E-state index contributed by atoms with van der Waals surface area (Å²) in [5.41, 5.74) is 3.65. The second-order valence-corrected chi connectivity index (χ2v) is 6.73. The number of fused-ring (bicyclic) bond motifs is 1. The number of hydrogen-bond acceptors (Lipinski definition) is 2. The average Bonchev–Trinajstić information content (AvgIpc) is 2.53. The first kappa shape index (κ1) is 18.3. The van der Waals surface area contributed by atoms with Crippen LogP contribution in [-0.2, 0) is 23.4 Å². The molecule has 1 aliphatic rings. The van der Waals surface area contributed by atoms with Crippen LogP contribution in [0.3, 0.4) is 0 Å². The van der Waals surface area contributed by atoms with Gasteiger partial charge in [0.2, 0.25) is 0 Å². The van der Waals surface area contributed by atoms with Crippen molar-refractivity contribution in [3.8, 4) is 0 Å². The van der Waals surface area contributed by atoms with E-state index in [1.54, 1.807) is 0 Å². The molecule has 1 heterocycles. The molecule has 0 saturated heterocycles. The Morgan fingerprint density at radius 3 is 2.35 bits per heavy atom. The average molecular weight is 352 g/mol. The summed E-state index contributed by atoms with van der Waals surface area (Å²) in [6, 6.07) is 16.7. The second kappa shape index (κ2) is 7.67. The van der Waals surface area contributed by atoms with E-state index in [0.29, 0.717) is 6.61 Å². The van der Waals surface area contributed by atoms with Crippen molar-refractivity contribution in [3.05, 3.63) is 70.2 Å². The summed E-state index contributed by atoms with van der Waals surface area (Å²) >= 11 is 6.06. The van der Waals surface area contributed by atoms with Crippen LogP contribution >= 0.6 is 24.0 Å². The highest BCUT2D eigenvalue weighted by molar-refractivity contribution is 6.30. The highest BCUT2D eigenvalue weighted by Gasteiger charge is 2.37. The third kappa shape index (κ3) is 4.07. The summed E-state index contributed by atoms with van der Waals surface area (Å²) in [5, 5.41) is 0.766. The van der Waals surface area contributed by atoms with E-state index in [4.69, 9.17) is 16.3 Å². The van der Waals surface area contributed by atoms with Crippen LogP contribution in [0, 0.1) is 0 Å². The molecule has 2 aromatic carbocycles. The zero-order valence-electron chi connectivity index (χ0n) is 13.6. The van der Waals surface area contributed by atoms with Crippen LogP contribution in [0.5, 0.6) is 0 Å². The fourth-order valence-corrected chi connectivity index (χ4v) is 3.22. The molecule has 2 aromatic rings. The highest BCUT2D eigenvalue weighted by Crippen LogP contribution is 2.39. The van der Waals surface area contributed by atoms with Crippen molar-refractivity contribution in [1.29, 1.82) is 0 Å². The number of hydrogen-bond donors (Lipinski definition) is 0. The van der Waals surface area contributed by atoms with Crippen molar-refractivity contribution in [1.82, 2.24) is 4.90 Å². The maximum atomic E-state index is 6.40. The molecule has 0 fully saturated rings. The van der Waals surface area contributed by atoms with Crippen molar-refractivity contribution < 1.29 is 4.74 Å². The molecule has 0 radical (unpaired) electrons. The van der Waals surface area contributed by atoms with Crippen LogP contribution in [-0.4, -0.2) is 25.5 Å². The van der Waals surface area contributed by atoms with E-state index in [9.17, 15) is 0 Å². The van der Waals surface area contributed by atoms with Crippen molar-refractivity contribution >= 4 is 24.0 Å². The second-order valence-electron chi connectivity index (χ2n) is 6.29. The van der Waals surface area contributed by atoms with Gasteiger partial charge in [-0.05, 0) is 49.3 Å². The molecule has 0 bridgehead atoms. The number of rotatable bonds is 4. The summed E-state index contributed by atoms with van der Waals surface area (Å²) in [4.78, 5) is 2.21. The van der Waals surface area contributed by atoms with Gasteiger partial charge in [-0.25, -0.2) is 0 Å². The zero-order valence-corrected chi connectivity index (χ0v) is 15.2. The van der Waals surface area contributed by atoms with Gasteiger partial charge in [0.05, 0.1) is 12.2 Å². The molecular formula is C19H23Cl2NO. The minimum atomic E-state index is -0.261. The number of benzene rings is 2. The van der Waals surface area contributed by atoms with Gasteiger partial charge in [0.15, 0.2) is 0 Å². The lowest BCUT2D eigenvalue weighted by molar-refractivity contribution is -0.0818. The summed E-state index contributed by atoms with van der Waals surface area (Å²) in [6.07, 6.45) is 1.88. The predicted molar refractivity (Wildman–Crippen MR) is 98.5 cm³/mol. The van der Waals surface area contributed by atoms with Gasteiger partial charge in [0, 0.05) is 18.0 Å². The smallest absolute Gasteiger partial charge is 0.0988 e. The molecule has 23 heavy (non-hydrogen) atoms. The molecule has 0 aliphatic carbocycles. The van der Waals surface area contributed by atoms with E-state index in [-0.39, 0.29) is 18.0 Å². The monoisotopic (exact) mass is 351 g/mol. The van der Waals surface area contributed by atoms with Gasteiger partial charge in [0.1, 0.15) is 0 Å². The lowest BCUT2D eigenvalue weighted by Crippen LogP contribution is -2.38. The van der Waals surface area contributed by atoms with Gasteiger partial charge in [-0.3, -0.25) is 0 Å². The normalized spacial score (nSPS) is 20.0. The summed E-state index contributed by atoms with van der Waals surface area (Å²) in [5.74, 6) is 0. The van der Waals surface area contributed by atoms with E-state index in [0.717, 1.165) is 24.4 Å². The Labute approximate surface area is 149 Å². The molecule has 1 aliphatic heterocycles. The molecule has 124 valence electrons. The maximum Gasteiger partial charge on any atom is 0.0988 e. The van der Waals surface area contributed by atoms with Gasteiger partial charge >= 0.3 is 0 Å². The molecule has 0 N–H and O–H groups in total. The van der Waals surface area contributed by atoms with Crippen molar-refractivity contribution in [2.45, 2.75) is 25.0 Å². The van der Waals surface area contributed by atoms with Crippen LogP contribution in [0.4, 0.5) is 0 Å². The quantitative estimate of drug-likeness (QED) is 0.792. The standard InChI is InChI=1S/C19H22ClNO.ClH/c1-21(2)12-11-19(17-7-9-18(20)10-8-17)13-15-5-3-4-6-16(15)14-22-19;/h3-10H,11-14H2,1-2H3;1H. The van der Waals surface area contributed by atoms with E-state index in [1.165, 1.54) is 16.7 Å². The highest BCUT2D eigenvalue weighted by atomic mass is 35.5. The molecular weight excluding hydrogens is 329 g/mol. The number of halogens is 2. The maximum absolute atomic E-state index is 6.40. The SMILES string of the molecule is CN(C)CCC1(c2ccc(Cl)cc2)Cc2ccccc2CO1.Cl. The van der Waals surface area contributed by atoms with E-state index < -0.39 is 0 Å². The Balaban J connectivity index is 0.00000192. The molecule has 1 atom stereocenters. The van der Waals surface area contributed by atoms with Gasteiger partial charge in [-0.2, -0.15) is 0 Å². The lowest BCUT2D eigenvalue weighted by Gasteiger charge is -2.39. The number of nitrogens with zero attached hydrogens (tertiary/aromatic N) is 1. The molecule has 0 saturated carbocycles. The molecule has 0 aromatic heterocycles. The first-order valence-electron chi connectivity index (χ1n) is 7.71. The van der Waals surface area contributed by atoms with Gasteiger partial charge in [0.25, 0.3) is 0 Å². The third-order valence-electron chi connectivity index (χ3n) is 4.43. The van der Waals surface area contributed by atoms with E-state index in [2.05, 4.69) is 55.4 Å².